The van der Waals surface area contributed by atoms with Crippen LogP contribution in [-0.4, -0.2) is 10.2 Å². The van der Waals surface area contributed by atoms with Gasteiger partial charge < -0.3 is 10.5 Å². The van der Waals surface area contributed by atoms with Crippen LogP contribution < -0.4 is 10.5 Å². The molecule has 0 aliphatic rings. The van der Waals surface area contributed by atoms with E-state index in [9.17, 15) is 0 Å². The normalized spacial score (nSPS) is 10.4. The van der Waals surface area contributed by atoms with Gasteiger partial charge in [0.05, 0.1) is 0 Å². The molecule has 0 saturated heterocycles. The van der Waals surface area contributed by atoms with E-state index in [0.717, 1.165) is 15.0 Å². The van der Waals surface area contributed by atoms with Gasteiger partial charge in [0.2, 0.25) is 0 Å². The van der Waals surface area contributed by atoms with Gasteiger partial charge in [-0.25, -0.2) is 0 Å². The van der Waals surface area contributed by atoms with Crippen molar-refractivity contribution in [1.29, 1.82) is 0 Å². The SMILES string of the molecule is NCc1nnc(OCc2cccc(Br)c2)s1. The third-order valence-electron chi connectivity index (χ3n) is 1.87. The summed E-state index contributed by atoms with van der Waals surface area (Å²) in [4.78, 5) is 0. The van der Waals surface area contributed by atoms with Crippen LogP contribution in [0.3, 0.4) is 0 Å². The highest BCUT2D eigenvalue weighted by atomic mass is 79.9. The van der Waals surface area contributed by atoms with Gasteiger partial charge in [-0.1, -0.05) is 44.5 Å². The molecular weight excluding hydrogens is 290 g/mol. The number of ether oxygens (including phenoxy) is 1. The topological polar surface area (TPSA) is 61.0 Å². The Bertz CT molecular complexity index is 475. The zero-order chi connectivity index (χ0) is 11.4. The Hall–Kier alpha value is -0.980. The fraction of sp³-hybridized carbons (Fsp3) is 0.200. The second kappa shape index (κ2) is 5.38. The van der Waals surface area contributed by atoms with Crippen LogP contribution in [0.25, 0.3) is 0 Å². The van der Waals surface area contributed by atoms with Gasteiger partial charge in [0.15, 0.2) is 0 Å². The maximum atomic E-state index is 5.50. The van der Waals surface area contributed by atoms with Gasteiger partial charge in [-0.2, -0.15) is 0 Å². The van der Waals surface area contributed by atoms with E-state index < -0.39 is 0 Å². The molecule has 0 fully saturated rings. The van der Waals surface area contributed by atoms with Crippen LogP contribution in [0.1, 0.15) is 10.6 Å². The maximum Gasteiger partial charge on any atom is 0.294 e. The minimum absolute atomic E-state index is 0.401. The molecule has 1 aromatic carbocycles. The minimum Gasteiger partial charge on any atom is -0.464 e. The Morgan fingerprint density at radius 1 is 1.38 bits per heavy atom. The van der Waals surface area contributed by atoms with Crippen molar-refractivity contribution in [3.05, 3.63) is 39.3 Å². The average molecular weight is 300 g/mol. The number of hydrogen-bond donors (Lipinski definition) is 1. The smallest absolute Gasteiger partial charge is 0.294 e. The summed E-state index contributed by atoms with van der Waals surface area (Å²) >= 11 is 4.78. The maximum absolute atomic E-state index is 5.50. The van der Waals surface area contributed by atoms with E-state index in [-0.39, 0.29) is 0 Å². The van der Waals surface area contributed by atoms with Gasteiger partial charge in [0.1, 0.15) is 11.6 Å². The lowest BCUT2D eigenvalue weighted by Crippen LogP contribution is -1.94. The van der Waals surface area contributed by atoms with E-state index in [0.29, 0.717) is 18.3 Å². The van der Waals surface area contributed by atoms with E-state index in [2.05, 4.69) is 26.1 Å². The Kier molecular flexibility index (Phi) is 3.87. The van der Waals surface area contributed by atoms with Gasteiger partial charge in [0.25, 0.3) is 5.19 Å². The summed E-state index contributed by atoms with van der Waals surface area (Å²) in [5, 5.41) is 9.09. The van der Waals surface area contributed by atoms with Crippen LogP contribution in [0.5, 0.6) is 5.19 Å². The zero-order valence-corrected chi connectivity index (χ0v) is 10.8. The van der Waals surface area contributed by atoms with E-state index in [4.69, 9.17) is 10.5 Å². The molecule has 0 bridgehead atoms. The zero-order valence-electron chi connectivity index (χ0n) is 8.39. The minimum atomic E-state index is 0.401. The number of benzene rings is 1. The Labute approximate surface area is 106 Å². The molecule has 0 spiro atoms. The molecule has 2 rings (SSSR count). The first kappa shape index (κ1) is 11.5. The molecule has 2 aromatic rings. The molecule has 0 saturated carbocycles. The second-order valence-corrected chi connectivity index (χ2v) is 5.02. The molecule has 0 atom stereocenters. The molecule has 2 N–H and O–H groups in total. The Balaban J connectivity index is 1.96. The molecule has 16 heavy (non-hydrogen) atoms. The van der Waals surface area contributed by atoms with Crippen LogP contribution in [0.2, 0.25) is 0 Å². The number of hydrogen-bond acceptors (Lipinski definition) is 5. The lowest BCUT2D eigenvalue weighted by atomic mass is 10.2. The number of aromatic nitrogens is 2. The monoisotopic (exact) mass is 299 g/mol. The molecule has 0 radical (unpaired) electrons. The summed E-state index contributed by atoms with van der Waals surface area (Å²) in [6, 6.07) is 7.94. The van der Waals surface area contributed by atoms with Gasteiger partial charge >= 0.3 is 0 Å². The molecule has 0 aliphatic heterocycles. The van der Waals surface area contributed by atoms with Crippen molar-refractivity contribution in [2.45, 2.75) is 13.2 Å². The molecule has 0 aliphatic carbocycles. The third-order valence-corrected chi connectivity index (χ3v) is 3.23. The summed E-state index contributed by atoms with van der Waals surface area (Å²) < 4.78 is 6.53. The summed E-state index contributed by atoms with van der Waals surface area (Å²) in [5.41, 5.74) is 6.52. The summed E-state index contributed by atoms with van der Waals surface area (Å²) in [6.07, 6.45) is 0. The highest BCUT2D eigenvalue weighted by Gasteiger charge is 2.03. The van der Waals surface area contributed by atoms with E-state index >= 15 is 0 Å². The molecule has 1 aromatic heterocycles. The molecule has 6 heteroatoms. The van der Waals surface area contributed by atoms with E-state index in [1.807, 2.05) is 24.3 Å². The first-order valence-electron chi connectivity index (χ1n) is 4.67. The predicted octanol–water partition coefficient (Wildman–Crippen LogP) is 2.34. The van der Waals surface area contributed by atoms with Gasteiger partial charge in [-0.3, -0.25) is 0 Å². The third kappa shape index (κ3) is 3.01. The van der Waals surface area contributed by atoms with Crippen molar-refractivity contribution in [2.75, 3.05) is 0 Å². The summed E-state index contributed by atoms with van der Waals surface area (Å²) in [6.45, 7) is 0.885. The van der Waals surface area contributed by atoms with Gasteiger partial charge in [-0.05, 0) is 17.7 Å². The first-order valence-corrected chi connectivity index (χ1v) is 6.28. The van der Waals surface area contributed by atoms with Crippen molar-refractivity contribution >= 4 is 27.3 Å². The standard InChI is InChI=1S/C10H10BrN3OS/c11-8-3-1-2-7(4-8)6-15-10-14-13-9(5-12)16-10/h1-4H,5-6,12H2. The fourth-order valence-corrected chi connectivity index (χ4v) is 2.16. The quantitative estimate of drug-likeness (QED) is 0.941. The van der Waals surface area contributed by atoms with E-state index in [1.54, 1.807) is 0 Å². The molecule has 84 valence electrons. The van der Waals surface area contributed by atoms with E-state index in [1.165, 1.54) is 11.3 Å². The number of halogens is 1. The van der Waals surface area contributed by atoms with Crippen molar-refractivity contribution < 1.29 is 4.74 Å². The molecule has 4 nitrogen and oxygen atoms in total. The highest BCUT2D eigenvalue weighted by molar-refractivity contribution is 9.10. The molecule has 0 unspecified atom stereocenters. The van der Waals surface area contributed by atoms with Crippen LogP contribution in [0.15, 0.2) is 28.7 Å². The van der Waals surface area contributed by atoms with Crippen LogP contribution in [-0.2, 0) is 13.2 Å². The Morgan fingerprint density at radius 3 is 2.94 bits per heavy atom. The average Bonchev–Trinajstić information content (AvgIpc) is 2.74. The first-order chi connectivity index (χ1) is 7.78. The number of rotatable bonds is 4. The summed E-state index contributed by atoms with van der Waals surface area (Å²) in [7, 11) is 0. The van der Waals surface area contributed by atoms with Crippen LogP contribution in [0.4, 0.5) is 0 Å². The lowest BCUT2D eigenvalue weighted by molar-refractivity contribution is 0.302. The largest absolute Gasteiger partial charge is 0.464 e. The lowest BCUT2D eigenvalue weighted by Gasteiger charge is -2.01. The molecular formula is C10H10BrN3OS. The van der Waals surface area contributed by atoms with Gasteiger partial charge in [0, 0.05) is 11.0 Å². The van der Waals surface area contributed by atoms with Crippen molar-refractivity contribution in [1.82, 2.24) is 10.2 Å². The predicted molar refractivity (Wildman–Crippen MR) is 66.3 cm³/mol. The molecule has 0 amide bonds. The van der Waals surface area contributed by atoms with Crippen molar-refractivity contribution in [3.63, 3.8) is 0 Å². The van der Waals surface area contributed by atoms with Crippen LogP contribution in [0, 0.1) is 0 Å². The highest BCUT2D eigenvalue weighted by Crippen LogP contribution is 2.19. The Morgan fingerprint density at radius 2 is 2.25 bits per heavy atom. The van der Waals surface area contributed by atoms with Crippen molar-refractivity contribution in [3.8, 4) is 5.19 Å². The second-order valence-electron chi connectivity index (χ2n) is 3.08. The van der Waals surface area contributed by atoms with Crippen LogP contribution >= 0.6 is 27.3 Å². The molecule has 1 heterocycles. The fourth-order valence-electron chi connectivity index (χ4n) is 1.15. The number of nitrogens with zero attached hydrogens (tertiary/aromatic N) is 2. The number of nitrogens with two attached hydrogens (primary N) is 1. The van der Waals surface area contributed by atoms with Crippen molar-refractivity contribution in [2.24, 2.45) is 5.73 Å². The summed E-state index contributed by atoms with van der Waals surface area (Å²) in [5.74, 6) is 0. The van der Waals surface area contributed by atoms with Gasteiger partial charge in [-0.15, -0.1) is 5.10 Å².